The number of anilines is 1. The van der Waals surface area contributed by atoms with Crippen LogP contribution in [0.2, 0.25) is 0 Å². The quantitative estimate of drug-likeness (QED) is 0.677. The van der Waals surface area contributed by atoms with E-state index in [2.05, 4.69) is 60.2 Å². The highest BCUT2D eigenvalue weighted by atomic mass is 16.3. The summed E-state index contributed by atoms with van der Waals surface area (Å²) in [4.78, 5) is 8.60. The van der Waals surface area contributed by atoms with E-state index in [9.17, 15) is 0 Å². The first-order valence-electron chi connectivity index (χ1n) is 7.11. The zero-order valence-electron chi connectivity index (χ0n) is 12.4. The predicted molar refractivity (Wildman–Crippen MR) is 85.1 cm³/mol. The molecule has 0 saturated heterocycles. The Morgan fingerprint density at radius 2 is 2.00 bits per heavy atom. The average molecular weight is 279 g/mol. The van der Waals surface area contributed by atoms with E-state index in [1.165, 1.54) is 5.56 Å². The molecular weight excluding hydrogens is 262 g/mol. The maximum Gasteiger partial charge on any atom is 0.159 e. The normalized spacial score (nSPS) is 18.3. The average Bonchev–Trinajstić information content (AvgIpc) is 3.01. The van der Waals surface area contributed by atoms with Crippen LogP contribution in [0.25, 0.3) is 21.9 Å². The van der Waals surface area contributed by atoms with Crippen molar-refractivity contribution in [2.24, 2.45) is 0 Å². The minimum Gasteiger partial charge on any atom is -0.452 e. The number of hydrogen-bond donors (Lipinski definition) is 0. The Labute approximate surface area is 123 Å². The van der Waals surface area contributed by atoms with Gasteiger partial charge in [-0.1, -0.05) is 12.1 Å². The maximum atomic E-state index is 6.10. The van der Waals surface area contributed by atoms with Gasteiger partial charge < -0.3 is 14.2 Å². The van der Waals surface area contributed by atoms with Crippen molar-refractivity contribution in [3.8, 4) is 0 Å². The Bertz CT molecular complexity index is 865. The number of aromatic nitrogens is 1. The van der Waals surface area contributed by atoms with Gasteiger partial charge in [0.2, 0.25) is 0 Å². The molecule has 0 N–H and O–H groups in total. The SMILES string of the molecule is Cc1ccc2c(oc3cnccc32)c1N1C=CN(C)[C@@H]1C. The second-order valence-electron chi connectivity index (χ2n) is 5.58. The van der Waals surface area contributed by atoms with E-state index >= 15 is 0 Å². The zero-order chi connectivity index (χ0) is 14.6. The minimum absolute atomic E-state index is 0.278. The van der Waals surface area contributed by atoms with Gasteiger partial charge in [-0.25, -0.2) is 0 Å². The van der Waals surface area contributed by atoms with E-state index in [0.29, 0.717) is 0 Å². The fourth-order valence-electron chi connectivity index (χ4n) is 2.98. The summed E-state index contributed by atoms with van der Waals surface area (Å²) in [6, 6.07) is 6.30. The summed E-state index contributed by atoms with van der Waals surface area (Å²) >= 11 is 0. The van der Waals surface area contributed by atoms with Crippen LogP contribution in [0.4, 0.5) is 5.69 Å². The molecule has 1 atom stereocenters. The highest BCUT2D eigenvalue weighted by Gasteiger charge is 2.25. The molecular formula is C17H17N3O. The van der Waals surface area contributed by atoms with Gasteiger partial charge in [-0.05, 0) is 25.5 Å². The van der Waals surface area contributed by atoms with Crippen molar-refractivity contribution >= 4 is 27.6 Å². The number of aryl methyl sites for hydroxylation is 1. The smallest absolute Gasteiger partial charge is 0.159 e. The lowest BCUT2D eigenvalue weighted by atomic mass is 10.1. The van der Waals surface area contributed by atoms with Gasteiger partial charge in [0.15, 0.2) is 11.2 Å². The molecule has 1 aliphatic heterocycles. The number of pyridine rings is 1. The van der Waals surface area contributed by atoms with Crippen LogP contribution < -0.4 is 4.90 Å². The summed E-state index contributed by atoms with van der Waals surface area (Å²) in [5, 5.41) is 2.26. The molecule has 4 rings (SSSR count). The van der Waals surface area contributed by atoms with E-state index in [1.807, 2.05) is 12.3 Å². The number of rotatable bonds is 1. The molecule has 0 aliphatic carbocycles. The Morgan fingerprint density at radius 3 is 2.76 bits per heavy atom. The number of fused-ring (bicyclic) bond motifs is 3. The largest absolute Gasteiger partial charge is 0.452 e. The third-order valence-electron chi connectivity index (χ3n) is 4.33. The molecule has 106 valence electrons. The third kappa shape index (κ3) is 1.65. The van der Waals surface area contributed by atoms with Crippen LogP contribution in [-0.2, 0) is 0 Å². The molecule has 21 heavy (non-hydrogen) atoms. The molecule has 4 nitrogen and oxygen atoms in total. The Balaban J connectivity index is 2.04. The Morgan fingerprint density at radius 1 is 1.14 bits per heavy atom. The van der Waals surface area contributed by atoms with Gasteiger partial charge in [-0.3, -0.25) is 4.98 Å². The molecule has 1 aromatic carbocycles. The summed E-state index contributed by atoms with van der Waals surface area (Å²) < 4.78 is 6.10. The van der Waals surface area contributed by atoms with Gasteiger partial charge >= 0.3 is 0 Å². The Hall–Kier alpha value is -2.49. The first-order chi connectivity index (χ1) is 10.2. The summed E-state index contributed by atoms with van der Waals surface area (Å²) in [5.74, 6) is 0. The fourth-order valence-corrected chi connectivity index (χ4v) is 2.98. The van der Waals surface area contributed by atoms with Crippen molar-refractivity contribution in [2.75, 3.05) is 11.9 Å². The highest BCUT2D eigenvalue weighted by molar-refractivity contribution is 6.09. The molecule has 0 bridgehead atoms. The van der Waals surface area contributed by atoms with Gasteiger partial charge in [-0.15, -0.1) is 0 Å². The number of nitrogens with zero attached hydrogens (tertiary/aromatic N) is 3. The van der Waals surface area contributed by atoms with Gasteiger partial charge in [0.05, 0.1) is 11.9 Å². The first-order valence-corrected chi connectivity index (χ1v) is 7.11. The molecule has 0 amide bonds. The van der Waals surface area contributed by atoms with Crippen LogP contribution in [0, 0.1) is 6.92 Å². The molecule has 2 aromatic heterocycles. The third-order valence-corrected chi connectivity index (χ3v) is 4.33. The van der Waals surface area contributed by atoms with Crippen molar-refractivity contribution in [1.82, 2.24) is 9.88 Å². The lowest BCUT2D eigenvalue weighted by molar-refractivity contribution is 0.383. The van der Waals surface area contributed by atoms with Crippen LogP contribution in [0.15, 0.2) is 47.4 Å². The van der Waals surface area contributed by atoms with E-state index in [0.717, 1.165) is 27.6 Å². The molecule has 0 saturated carbocycles. The summed E-state index contributed by atoms with van der Waals surface area (Å²) in [7, 11) is 2.08. The van der Waals surface area contributed by atoms with E-state index < -0.39 is 0 Å². The van der Waals surface area contributed by atoms with Crippen LogP contribution in [-0.4, -0.2) is 23.1 Å². The van der Waals surface area contributed by atoms with Crippen LogP contribution in [0.1, 0.15) is 12.5 Å². The van der Waals surface area contributed by atoms with Crippen molar-refractivity contribution in [3.63, 3.8) is 0 Å². The zero-order valence-corrected chi connectivity index (χ0v) is 12.4. The summed E-state index contributed by atoms with van der Waals surface area (Å²) in [6.07, 6.45) is 8.07. The number of benzene rings is 1. The molecule has 0 spiro atoms. The van der Waals surface area contributed by atoms with Crippen molar-refractivity contribution in [3.05, 3.63) is 48.6 Å². The van der Waals surface area contributed by atoms with E-state index in [1.54, 1.807) is 6.20 Å². The molecule has 0 fully saturated rings. The standard InChI is InChI=1S/C17H17N3O/c1-11-4-5-14-13-6-7-18-10-15(13)21-17(14)16(11)20-9-8-19(3)12(20)2/h4-10,12H,1-3H3/t12-/m0/s1. The molecule has 0 radical (unpaired) electrons. The monoisotopic (exact) mass is 279 g/mol. The Kier molecular flexibility index (Phi) is 2.48. The van der Waals surface area contributed by atoms with Crippen molar-refractivity contribution < 1.29 is 4.42 Å². The topological polar surface area (TPSA) is 32.5 Å². The van der Waals surface area contributed by atoms with E-state index in [-0.39, 0.29) is 6.17 Å². The fraction of sp³-hybridized carbons (Fsp3) is 0.235. The van der Waals surface area contributed by atoms with Crippen LogP contribution in [0.3, 0.4) is 0 Å². The molecule has 4 heteroatoms. The number of furan rings is 1. The van der Waals surface area contributed by atoms with Gasteiger partial charge in [-0.2, -0.15) is 0 Å². The first kappa shape index (κ1) is 12.3. The molecule has 3 aromatic rings. The van der Waals surface area contributed by atoms with Crippen molar-refractivity contribution in [2.45, 2.75) is 20.0 Å². The van der Waals surface area contributed by atoms with Crippen molar-refractivity contribution in [1.29, 1.82) is 0 Å². The lowest BCUT2D eigenvalue weighted by Crippen LogP contribution is -2.33. The van der Waals surface area contributed by atoms with Crippen LogP contribution in [0.5, 0.6) is 0 Å². The second-order valence-corrected chi connectivity index (χ2v) is 5.58. The van der Waals surface area contributed by atoms with E-state index in [4.69, 9.17) is 4.42 Å². The summed E-state index contributed by atoms with van der Waals surface area (Å²) in [5.41, 5.74) is 4.12. The molecule has 3 heterocycles. The molecule has 0 unspecified atom stereocenters. The highest BCUT2D eigenvalue weighted by Crippen LogP contribution is 2.39. The predicted octanol–water partition coefficient (Wildman–Crippen LogP) is 3.86. The van der Waals surface area contributed by atoms with Crippen LogP contribution >= 0.6 is 0 Å². The maximum absolute atomic E-state index is 6.10. The molecule has 1 aliphatic rings. The lowest BCUT2D eigenvalue weighted by Gasteiger charge is -2.28. The second kappa shape index (κ2) is 4.25. The van der Waals surface area contributed by atoms with Gasteiger partial charge in [0.25, 0.3) is 0 Å². The number of hydrogen-bond acceptors (Lipinski definition) is 4. The summed E-state index contributed by atoms with van der Waals surface area (Å²) in [6.45, 7) is 4.31. The van der Waals surface area contributed by atoms with Gasteiger partial charge in [0.1, 0.15) is 6.17 Å². The van der Waals surface area contributed by atoms with Gasteiger partial charge in [0, 0.05) is 36.4 Å². The minimum atomic E-state index is 0.278.